The van der Waals surface area contributed by atoms with Crippen molar-refractivity contribution in [2.75, 3.05) is 26.2 Å². The molecule has 5 aromatic rings. The van der Waals surface area contributed by atoms with Crippen LogP contribution in [0.5, 0.6) is 0 Å². The minimum atomic E-state index is -2.54. The molecule has 0 radical (unpaired) electrons. The van der Waals surface area contributed by atoms with Gasteiger partial charge in [-0.2, -0.15) is 0 Å². The van der Waals surface area contributed by atoms with Crippen LogP contribution in [0.3, 0.4) is 0 Å². The third kappa shape index (κ3) is 12.9. The molecule has 4 saturated heterocycles. The first-order valence-corrected chi connectivity index (χ1v) is 41.9. The summed E-state index contributed by atoms with van der Waals surface area (Å²) in [4.78, 5) is 113. The van der Waals surface area contributed by atoms with Gasteiger partial charge in [-0.05, 0) is 161 Å². The van der Waals surface area contributed by atoms with E-state index < -0.39 is 130 Å². The van der Waals surface area contributed by atoms with E-state index in [1.807, 2.05) is 73.7 Å². The average Bonchev–Trinajstić information content (AvgIpc) is 1.54. The highest BCUT2D eigenvalue weighted by atomic mass is 16.5. The zero-order valence-corrected chi connectivity index (χ0v) is 70.0. The number of benzene rings is 5. The number of ketones is 4. The molecule has 44 heteroatoms. The highest BCUT2D eigenvalue weighted by Crippen LogP contribution is 2.44. The first kappa shape index (κ1) is 85.7. The molecule has 4 spiro atoms. The van der Waals surface area contributed by atoms with Gasteiger partial charge in [0.1, 0.15) is 24.2 Å². The number of Topliss-reactive ketones (excluding diaryl/α,β-unsaturated/α-hetero) is 4. The number of nitrogens with two attached hydrogens (primary N) is 8. The molecule has 127 heavy (non-hydrogen) atoms. The number of fused-ring (bicyclic) bond motifs is 5. The molecule has 0 saturated carbocycles. The highest BCUT2D eigenvalue weighted by molar-refractivity contribution is 6.01. The third-order valence-electron chi connectivity index (χ3n) is 27.8. The number of aliphatic hydroxyl groups is 8. The molecule has 4 unspecified atom stereocenters. The van der Waals surface area contributed by atoms with Crippen LogP contribution in [0.1, 0.15) is 127 Å². The summed E-state index contributed by atoms with van der Waals surface area (Å²) >= 11 is 0. The average molecular weight is 1750 g/mol. The molecular formula is C83H108N28O16+8. The van der Waals surface area contributed by atoms with Gasteiger partial charge in [0, 0.05) is 22.3 Å². The van der Waals surface area contributed by atoms with Gasteiger partial charge in [0.2, 0.25) is 0 Å². The Labute approximate surface area is 724 Å². The maximum atomic E-state index is 13.5. The molecule has 0 aromatic heterocycles. The molecule has 12 aliphatic heterocycles. The molecular weight excluding hydrogens is 1650 g/mol. The SMILES string of the molecule is CC(=O)C1NC(N)=[N+]2C[C@H](NC(=O)c3cccc(C)c3)C(O)(O)[C@@]23NC(N)=[NH+][C@@H]13.CC(=O)C1NC(N)=[N+]2C[C@H](NC(=O)c3cccc4c3CCC4)C(O)(O)[C@@]23NC(N)=[NH+][C@@H]13.CC(=O)C1NC(N)=[N+]2C[C@H](NC(=O)c3cccc4c3CCCC4)C(O)(O)[C@@]23NC(N)=[NH+][C@@H]13.CC(=O)C1NC(N)=[N+]2C[C@H](NC(=O)c3cccc4c3Cc3ccccc3-4)C(O)(O)[C@@]23NC(N)=[NH+][C@@H]13. The smallest absolute Gasteiger partial charge is 0.347 e. The Bertz CT molecular complexity index is 5880. The Kier molecular flexibility index (Phi) is 20.5. The van der Waals surface area contributed by atoms with E-state index in [-0.39, 0.29) is 109 Å². The van der Waals surface area contributed by atoms with Crippen molar-refractivity contribution < 1.29 is 117 Å². The van der Waals surface area contributed by atoms with Gasteiger partial charge in [-0.3, -0.25) is 125 Å². The van der Waals surface area contributed by atoms with Gasteiger partial charge >= 0.3 is 47.7 Å². The number of nitrogens with zero attached hydrogens (tertiary/aromatic N) is 4. The van der Waals surface area contributed by atoms with Crippen LogP contribution in [0.4, 0.5) is 0 Å². The van der Waals surface area contributed by atoms with E-state index in [0.717, 1.165) is 95.0 Å². The number of hydrogen-bond acceptors (Lipinski definition) is 32. The summed E-state index contributed by atoms with van der Waals surface area (Å²) in [6, 6.07) is 20.4. The fraction of sp³-hybridized carbons (Fsp3) is 0.446. The number of rotatable bonds is 12. The van der Waals surface area contributed by atoms with E-state index in [1.54, 1.807) is 36.4 Å². The van der Waals surface area contributed by atoms with Crippen molar-refractivity contribution in [1.29, 1.82) is 0 Å². The maximum absolute atomic E-state index is 13.5. The van der Waals surface area contributed by atoms with Crippen LogP contribution in [0, 0.1) is 6.92 Å². The standard InChI is InChI=1S/C24H25N7O4.C21H27N7O4.C20H25N7O4.C18H23N7O4/c1-11(32)18-19-23(30-21(25)29-19)24(34,35)17(10-31(23)22(26)28-18)27-20(33)15-8-4-7-14-13-6-3-2-5-12(13)9-16(14)15;1-10(29)15-16-20(27-18(22)26-16)21(31,32)14(9-28(20)19(23)25-15)24-17(30)13-8-4-6-11-5-2-3-7-12(11)13;1-9(28)14-15-19(26-17(21)25-15)20(30,31)13(8-27(19)18(22)24-14)23-16(29)12-7-3-5-10-4-2-6-11(10)12;1-8-4-3-5-10(6-8)14(27)21-11-7-25-16(20)22-12(9(2)26)13-17(25,18(11,28)29)24-15(19)23-13/h2-8,17-19,34-35H,9-10H2,1H3,(H6,25,26,27,28,29,30,33);4,6,8,14-16,31-32H,2-3,5,7,9H2,1H3,(H6,22,23,24,25,26,27,30);3,5,7,13-15,30-31H,2,4,6,8H2,1H3,(H6,21,22,23,24,25,26,29);3-6,11-13,28-29H,7H2,1-2H3,(H6,19,20,21,22,23,24,27)/p+8/t17-,18?,19-,23-;14-,15?,16-,20-;13-,14?,15-,19-;11-,12?,13-,17-/m0000/s1. The van der Waals surface area contributed by atoms with E-state index in [1.165, 1.54) is 46.0 Å². The molecule has 5 aromatic carbocycles. The maximum Gasteiger partial charge on any atom is 0.347 e. The Hall–Kier alpha value is -13.5. The molecule has 16 atom stereocenters. The van der Waals surface area contributed by atoms with Crippen LogP contribution in [0.15, 0.2) is 103 Å². The van der Waals surface area contributed by atoms with Gasteiger partial charge in [-0.25, -0.2) is 39.6 Å². The predicted molar refractivity (Wildman–Crippen MR) is 448 cm³/mol. The summed E-state index contributed by atoms with van der Waals surface area (Å²) in [5, 5.41) is 125. The van der Waals surface area contributed by atoms with Crippen LogP contribution in [0.25, 0.3) is 11.1 Å². The minimum Gasteiger partial charge on any atom is -0.358 e. The number of hydrogen-bond donors (Lipinski definition) is 32. The number of guanidine groups is 8. The van der Waals surface area contributed by atoms with Crippen LogP contribution < -0.4 is 130 Å². The second kappa shape index (κ2) is 30.4. The Balaban J connectivity index is 0.000000120. The molecule has 12 heterocycles. The van der Waals surface area contributed by atoms with Crippen LogP contribution >= 0.6 is 0 Å². The van der Waals surface area contributed by atoms with Crippen molar-refractivity contribution in [1.82, 2.24) is 63.8 Å². The van der Waals surface area contributed by atoms with Crippen molar-refractivity contribution in [3.8, 4) is 11.1 Å². The quantitative estimate of drug-likeness (QED) is 0.0400. The van der Waals surface area contributed by atoms with Gasteiger partial charge in [0.05, 0.1) is 26.2 Å². The van der Waals surface area contributed by atoms with Crippen molar-refractivity contribution >= 4 is 94.4 Å². The summed E-state index contributed by atoms with van der Waals surface area (Å²) in [5.41, 5.74) is 53.1. The van der Waals surface area contributed by atoms with Crippen molar-refractivity contribution in [3.05, 3.63) is 164 Å². The van der Waals surface area contributed by atoms with Gasteiger partial charge in [-0.1, -0.05) is 78.4 Å². The number of carbonyl (C=O) groups excluding carboxylic acids is 8. The topological polar surface area (TPSA) is 719 Å². The summed E-state index contributed by atoms with van der Waals surface area (Å²) in [6.45, 7) is 7.30. The molecule has 4 fully saturated rings. The van der Waals surface area contributed by atoms with Crippen molar-refractivity contribution in [3.63, 3.8) is 0 Å². The zero-order chi connectivity index (χ0) is 90.8. The fourth-order valence-electron chi connectivity index (χ4n) is 21.9. The number of amides is 4. The largest absolute Gasteiger partial charge is 0.358 e. The molecule has 15 aliphatic rings. The zero-order valence-electron chi connectivity index (χ0n) is 70.0. The van der Waals surface area contributed by atoms with Crippen LogP contribution in [-0.2, 0) is 51.3 Å². The summed E-state index contributed by atoms with van der Waals surface area (Å²) in [6.07, 6.45) is 7.18. The second-order valence-corrected chi connectivity index (χ2v) is 35.1. The predicted octanol–water partition coefficient (Wildman–Crippen LogP) is -19.0. The van der Waals surface area contributed by atoms with Crippen molar-refractivity contribution in [2.45, 2.75) is 204 Å². The van der Waals surface area contributed by atoms with E-state index >= 15 is 0 Å². The molecule has 4 amide bonds. The Morgan fingerprint density at radius 2 is 0.661 bits per heavy atom. The van der Waals surface area contributed by atoms with E-state index in [0.29, 0.717) is 28.7 Å². The molecule has 44 nitrogen and oxygen atoms in total. The number of nitrogens with one attached hydrogen (secondary N) is 16. The van der Waals surface area contributed by atoms with E-state index in [4.69, 9.17) is 45.9 Å². The lowest BCUT2D eigenvalue weighted by atomic mass is 9.84. The van der Waals surface area contributed by atoms with Crippen LogP contribution in [-0.4, -0.2) is 298 Å². The normalized spacial score (nSPS) is 31.3. The lowest BCUT2D eigenvalue weighted by molar-refractivity contribution is -0.672. The monoisotopic (exact) mass is 1750 g/mol. The lowest BCUT2D eigenvalue weighted by Crippen LogP contribution is -2.92. The number of carbonyl (C=O) groups is 8. The molecule has 3 aliphatic carbocycles. The van der Waals surface area contributed by atoms with Crippen LogP contribution in [0.2, 0.25) is 0 Å². The molecule has 40 N–H and O–H groups in total. The van der Waals surface area contributed by atoms with Gasteiger partial charge in [0.25, 0.3) is 69.4 Å². The molecule has 0 bridgehead atoms. The van der Waals surface area contributed by atoms with Gasteiger partial charge in [0.15, 0.2) is 71.5 Å². The minimum absolute atomic E-state index is 0.00428. The third-order valence-corrected chi connectivity index (χ3v) is 27.8. The fourth-order valence-corrected chi connectivity index (χ4v) is 21.9. The highest BCUT2D eigenvalue weighted by Gasteiger charge is 2.83. The van der Waals surface area contributed by atoms with Crippen molar-refractivity contribution in [2.24, 2.45) is 45.9 Å². The molecule has 20 rings (SSSR count). The Morgan fingerprint density at radius 1 is 0.362 bits per heavy atom. The summed E-state index contributed by atoms with van der Waals surface area (Å²) in [5.74, 6) is -12.1. The van der Waals surface area contributed by atoms with Gasteiger partial charge in [-0.15, -0.1) is 0 Å². The first-order chi connectivity index (χ1) is 60.0. The summed E-state index contributed by atoms with van der Waals surface area (Å²) < 4.78 is 5.99. The Morgan fingerprint density at radius 3 is 1.02 bits per heavy atom. The summed E-state index contributed by atoms with van der Waals surface area (Å²) in [7, 11) is 0. The number of aryl methyl sites for hydroxylation is 3. The van der Waals surface area contributed by atoms with E-state index in [2.05, 4.69) is 83.8 Å². The van der Waals surface area contributed by atoms with E-state index in [9.17, 15) is 79.2 Å². The van der Waals surface area contributed by atoms with Gasteiger partial charge < -0.3 is 62.1 Å². The second-order valence-electron chi connectivity index (χ2n) is 35.1. The molecule has 668 valence electrons. The lowest BCUT2D eigenvalue weighted by Gasteiger charge is -2.40. The first-order valence-electron chi connectivity index (χ1n) is 41.9.